The maximum Gasteiger partial charge on any atom is 0.160 e. The molecule has 0 spiro atoms. The lowest BCUT2D eigenvalue weighted by Gasteiger charge is -2.17. The number of hydrogen-bond donors (Lipinski definition) is 0. The third-order valence-corrected chi connectivity index (χ3v) is 5.22. The first-order valence-electron chi connectivity index (χ1n) is 7.41. The van der Waals surface area contributed by atoms with E-state index in [4.69, 9.17) is 0 Å². The van der Waals surface area contributed by atoms with E-state index in [1.165, 1.54) is 11.1 Å². The maximum absolute atomic E-state index is 12.6. The minimum atomic E-state index is -0.943. The minimum absolute atomic E-state index is 0.684. The summed E-state index contributed by atoms with van der Waals surface area (Å²) in [4.78, 5) is 7.38. The van der Waals surface area contributed by atoms with E-state index >= 15 is 0 Å². The monoisotopic (exact) mass is 312 g/mol. The van der Waals surface area contributed by atoms with E-state index in [1.54, 1.807) is 6.20 Å². The fourth-order valence-electron chi connectivity index (χ4n) is 2.92. The zero-order valence-corrected chi connectivity index (χ0v) is 13.8. The lowest BCUT2D eigenvalue weighted by Crippen LogP contribution is -2.17. The van der Waals surface area contributed by atoms with Crippen molar-refractivity contribution >= 4 is 16.7 Å². The van der Waals surface area contributed by atoms with E-state index in [0.29, 0.717) is 5.75 Å². The summed E-state index contributed by atoms with van der Waals surface area (Å²) in [7, 11) is 4.14. The molecule has 1 unspecified atom stereocenters. The molecule has 0 bridgehead atoms. The summed E-state index contributed by atoms with van der Waals surface area (Å²) in [5, 5.41) is 0. The Morgan fingerprint density at radius 1 is 1.18 bits per heavy atom. The van der Waals surface area contributed by atoms with E-state index < -0.39 is 11.2 Å². The molecule has 0 saturated carbocycles. The number of rotatable bonds is 3. The number of nitrogens with zero attached hydrogens (tertiary/aromatic N) is 2. The summed E-state index contributed by atoms with van der Waals surface area (Å²) >= 11 is -0.943. The Bertz CT molecular complexity index is 682. The van der Waals surface area contributed by atoms with E-state index in [-0.39, 0.29) is 0 Å². The Hall–Kier alpha value is -1.62. The third-order valence-electron chi connectivity index (χ3n) is 3.80. The Kier molecular flexibility index (Phi) is 4.62. The standard InChI is InChI=1S/C18H20N2OS/c1-20(2)13-15-9-11-22(21)17-8-4-3-7-16(17)18(15)14-6-5-10-19-12-14/h3-8,10,12H,9,11,13H2,1-2H3. The molecule has 1 aliphatic heterocycles. The van der Waals surface area contributed by atoms with Crippen LogP contribution in [-0.2, 0) is 11.2 Å². The molecule has 2 aromatic rings. The van der Waals surface area contributed by atoms with Gasteiger partial charge in [0.05, 0.1) is 0 Å². The normalized spacial score (nSPS) is 18.3. The van der Waals surface area contributed by atoms with E-state index in [9.17, 15) is 4.55 Å². The van der Waals surface area contributed by atoms with Crippen molar-refractivity contribution in [3.8, 4) is 0 Å². The Balaban J connectivity index is 2.22. The van der Waals surface area contributed by atoms with Gasteiger partial charge < -0.3 is 9.45 Å². The predicted octanol–water partition coefficient (Wildman–Crippen LogP) is 2.96. The van der Waals surface area contributed by atoms with Crippen LogP contribution in [0.3, 0.4) is 0 Å². The Morgan fingerprint density at radius 3 is 2.73 bits per heavy atom. The Labute approximate surface area is 134 Å². The number of aromatic nitrogens is 1. The van der Waals surface area contributed by atoms with Crippen LogP contribution in [0.15, 0.2) is 59.3 Å². The van der Waals surface area contributed by atoms with Crippen LogP contribution in [0, 0.1) is 0 Å². The summed E-state index contributed by atoms with van der Waals surface area (Å²) in [6, 6.07) is 12.1. The topological polar surface area (TPSA) is 39.2 Å². The van der Waals surface area contributed by atoms with Crippen molar-refractivity contribution in [1.29, 1.82) is 0 Å². The molecule has 1 atom stereocenters. The molecule has 22 heavy (non-hydrogen) atoms. The van der Waals surface area contributed by atoms with Gasteiger partial charge >= 0.3 is 0 Å². The first-order valence-corrected chi connectivity index (χ1v) is 8.73. The lowest BCUT2D eigenvalue weighted by atomic mass is 9.92. The molecule has 1 aromatic carbocycles. The molecule has 0 radical (unpaired) electrons. The Morgan fingerprint density at radius 2 is 2.00 bits per heavy atom. The maximum atomic E-state index is 12.6. The largest absolute Gasteiger partial charge is 0.611 e. The molecule has 114 valence electrons. The highest BCUT2D eigenvalue weighted by atomic mass is 32.2. The van der Waals surface area contributed by atoms with Crippen molar-refractivity contribution in [1.82, 2.24) is 9.88 Å². The average Bonchev–Trinajstić information content (AvgIpc) is 2.66. The highest BCUT2D eigenvalue weighted by Gasteiger charge is 2.26. The van der Waals surface area contributed by atoms with Gasteiger partial charge in [0.2, 0.25) is 0 Å². The van der Waals surface area contributed by atoms with Crippen LogP contribution in [0.5, 0.6) is 0 Å². The average molecular weight is 312 g/mol. The smallest absolute Gasteiger partial charge is 0.160 e. The van der Waals surface area contributed by atoms with Gasteiger partial charge in [-0.3, -0.25) is 4.98 Å². The second-order valence-electron chi connectivity index (χ2n) is 5.75. The van der Waals surface area contributed by atoms with E-state index in [1.807, 2.05) is 30.5 Å². The molecule has 2 heterocycles. The molecular formula is C18H20N2OS. The van der Waals surface area contributed by atoms with Crippen LogP contribution in [0.1, 0.15) is 17.5 Å². The molecule has 1 aromatic heterocycles. The first-order chi connectivity index (χ1) is 10.7. The van der Waals surface area contributed by atoms with Gasteiger partial charge in [0, 0.05) is 36.5 Å². The number of likely N-dealkylation sites (N-methyl/N-ethyl adjacent to an activating group) is 1. The van der Waals surface area contributed by atoms with Gasteiger partial charge in [-0.1, -0.05) is 18.2 Å². The van der Waals surface area contributed by atoms with Crippen LogP contribution in [0.2, 0.25) is 0 Å². The molecule has 0 fully saturated rings. The van der Waals surface area contributed by atoms with Gasteiger partial charge in [-0.15, -0.1) is 0 Å². The van der Waals surface area contributed by atoms with Crippen LogP contribution in [0.25, 0.3) is 5.57 Å². The number of fused-ring (bicyclic) bond motifs is 1. The van der Waals surface area contributed by atoms with Gasteiger partial charge in [-0.25, -0.2) is 0 Å². The second-order valence-corrected chi connectivity index (χ2v) is 7.29. The fourth-order valence-corrected chi connectivity index (χ4v) is 4.22. The molecule has 3 nitrogen and oxygen atoms in total. The molecule has 0 N–H and O–H groups in total. The summed E-state index contributed by atoms with van der Waals surface area (Å²) < 4.78 is 12.6. The van der Waals surface area contributed by atoms with Crippen LogP contribution < -0.4 is 0 Å². The highest BCUT2D eigenvalue weighted by Crippen LogP contribution is 2.36. The molecular weight excluding hydrogens is 292 g/mol. The zero-order chi connectivity index (χ0) is 15.5. The summed E-state index contributed by atoms with van der Waals surface area (Å²) in [6.07, 6.45) is 4.54. The summed E-state index contributed by atoms with van der Waals surface area (Å²) in [5.74, 6) is 0.684. The highest BCUT2D eigenvalue weighted by molar-refractivity contribution is 7.91. The van der Waals surface area contributed by atoms with Gasteiger partial charge in [0.1, 0.15) is 5.75 Å². The van der Waals surface area contributed by atoms with Crippen molar-refractivity contribution in [3.63, 3.8) is 0 Å². The van der Waals surface area contributed by atoms with Crippen molar-refractivity contribution in [3.05, 3.63) is 65.5 Å². The van der Waals surface area contributed by atoms with Gasteiger partial charge in [0.15, 0.2) is 4.90 Å². The minimum Gasteiger partial charge on any atom is -0.611 e. The van der Waals surface area contributed by atoms with Gasteiger partial charge in [-0.05, 0) is 54.6 Å². The van der Waals surface area contributed by atoms with E-state index in [0.717, 1.165) is 29.0 Å². The lowest BCUT2D eigenvalue weighted by molar-refractivity contribution is 0.441. The van der Waals surface area contributed by atoms with Crippen LogP contribution in [-0.4, -0.2) is 40.8 Å². The van der Waals surface area contributed by atoms with E-state index in [2.05, 4.69) is 36.1 Å². The number of pyridine rings is 1. The zero-order valence-electron chi connectivity index (χ0n) is 13.0. The molecule has 0 aliphatic carbocycles. The predicted molar refractivity (Wildman–Crippen MR) is 91.1 cm³/mol. The van der Waals surface area contributed by atoms with Gasteiger partial charge in [-0.2, -0.15) is 0 Å². The van der Waals surface area contributed by atoms with Crippen molar-refractivity contribution < 1.29 is 4.55 Å². The van der Waals surface area contributed by atoms with Crippen LogP contribution >= 0.6 is 0 Å². The molecule has 3 rings (SSSR count). The molecule has 0 saturated heterocycles. The van der Waals surface area contributed by atoms with Gasteiger partial charge in [0.25, 0.3) is 0 Å². The fraction of sp³-hybridized carbons (Fsp3) is 0.278. The summed E-state index contributed by atoms with van der Waals surface area (Å²) in [6.45, 7) is 0.871. The van der Waals surface area contributed by atoms with Crippen molar-refractivity contribution in [2.75, 3.05) is 26.4 Å². The molecule has 4 heteroatoms. The molecule has 0 amide bonds. The summed E-state index contributed by atoms with van der Waals surface area (Å²) in [5.41, 5.74) is 4.72. The quantitative estimate of drug-likeness (QED) is 0.818. The van der Waals surface area contributed by atoms with Crippen LogP contribution in [0.4, 0.5) is 0 Å². The van der Waals surface area contributed by atoms with Crippen molar-refractivity contribution in [2.24, 2.45) is 0 Å². The third kappa shape index (κ3) is 3.09. The SMILES string of the molecule is CN(C)CC1=C(c2cccnc2)c2ccccc2[S+]([O-])CC1. The number of benzene rings is 1. The van der Waals surface area contributed by atoms with Crippen molar-refractivity contribution in [2.45, 2.75) is 11.3 Å². The first kappa shape index (κ1) is 15.3. The number of hydrogen-bond acceptors (Lipinski definition) is 3. The molecule has 1 aliphatic rings. The second kappa shape index (κ2) is 6.65.